The zero-order chi connectivity index (χ0) is 18.4. The third-order valence-corrected chi connectivity index (χ3v) is 4.49. The Hall–Kier alpha value is -2.74. The van der Waals surface area contributed by atoms with Crippen molar-refractivity contribution >= 4 is 11.8 Å². The summed E-state index contributed by atoms with van der Waals surface area (Å²) in [6.45, 7) is 2.69. The second-order valence-corrected chi connectivity index (χ2v) is 6.54. The summed E-state index contributed by atoms with van der Waals surface area (Å²) in [6.07, 6.45) is 0. The number of halogens is 1. The minimum Gasteiger partial charge on any atom is -0.492 e. The average molecular weight is 374 g/mol. The number of aromatic nitrogens is 3. The standard InChI is InChI=1S/C18H19FN4O2S/c1-13-4-2-3-5-16(13)24-10-11-26-18-22-21-17(23(18)20)12-25-15-8-6-14(19)7-9-15/h2-9H,10-12,20H2,1H3. The van der Waals surface area contributed by atoms with Gasteiger partial charge in [0.2, 0.25) is 5.16 Å². The van der Waals surface area contributed by atoms with E-state index in [9.17, 15) is 4.39 Å². The van der Waals surface area contributed by atoms with Gasteiger partial charge in [-0.05, 0) is 42.8 Å². The molecular weight excluding hydrogens is 355 g/mol. The van der Waals surface area contributed by atoms with Crippen molar-refractivity contribution in [2.75, 3.05) is 18.2 Å². The molecule has 0 saturated carbocycles. The Morgan fingerprint density at radius 3 is 2.62 bits per heavy atom. The molecule has 136 valence electrons. The number of para-hydroxylation sites is 1. The molecule has 0 aliphatic carbocycles. The molecule has 0 radical (unpaired) electrons. The molecule has 0 aliphatic rings. The molecule has 1 heterocycles. The molecule has 3 aromatic rings. The van der Waals surface area contributed by atoms with Crippen LogP contribution in [0.3, 0.4) is 0 Å². The molecule has 0 bridgehead atoms. The highest BCUT2D eigenvalue weighted by Gasteiger charge is 2.11. The topological polar surface area (TPSA) is 75.2 Å². The molecule has 2 aromatic carbocycles. The minimum atomic E-state index is -0.314. The van der Waals surface area contributed by atoms with Crippen molar-refractivity contribution in [1.29, 1.82) is 0 Å². The van der Waals surface area contributed by atoms with Gasteiger partial charge in [0.15, 0.2) is 5.82 Å². The van der Waals surface area contributed by atoms with Gasteiger partial charge in [-0.1, -0.05) is 30.0 Å². The van der Waals surface area contributed by atoms with Gasteiger partial charge < -0.3 is 15.3 Å². The van der Waals surface area contributed by atoms with Crippen LogP contribution in [-0.4, -0.2) is 27.2 Å². The number of aryl methyl sites for hydroxylation is 1. The molecule has 0 saturated heterocycles. The van der Waals surface area contributed by atoms with E-state index in [0.29, 0.717) is 29.1 Å². The maximum Gasteiger partial charge on any atom is 0.210 e. The number of rotatable bonds is 8. The molecule has 1 aromatic heterocycles. The van der Waals surface area contributed by atoms with E-state index in [1.54, 1.807) is 12.1 Å². The Kier molecular flexibility index (Phi) is 5.96. The molecule has 0 fully saturated rings. The number of hydrogen-bond donors (Lipinski definition) is 1. The van der Waals surface area contributed by atoms with Crippen LogP contribution in [0.2, 0.25) is 0 Å². The zero-order valence-corrected chi connectivity index (χ0v) is 15.1. The van der Waals surface area contributed by atoms with Crippen molar-refractivity contribution < 1.29 is 13.9 Å². The van der Waals surface area contributed by atoms with Crippen LogP contribution in [0, 0.1) is 12.7 Å². The molecule has 0 atom stereocenters. The normalized spacial score (nSPS) is 10.7. The maximum atomic E-state index is 12.9. The lowest BCUT2D eigenvalue weighted by atomic mass is 10.2. The fourth-order valence-corrected chi connectivity index (χ4v) is 2.88. The van der Waals surface area contributed by atoms with Gasteiger partial charge in [-0.25, -0.2) is 9.07 Å². The molecule has 6 nitrogen and oxygen atoms in total. The van der Waals surface area contributed by atoms with Crippen LogP contribution in [0.25, 0.3) is 0 Å². The van der Waals surface area contributed by atoms with E-state index in [1.165, 1.54) is 28.6 Å². The summed E-state index contributed by atoms with van der Waals surface area (Å²) in [5.41, 5.74) is 1.10. The molecule has 0 aliphatic heterocycles. The second-order valence-electron chi connectivity index (χ2n) is 5.47. The largest absolute Gasteiger partial charge is 0.492 e. The highest BCUT2D eigenvalue weighted by atomic mass is 32.2. The third-order valence-electron chi connectivity index (χ3n) is 3.58. The molecule has 2 N–H and O–H groups in total. The summed E-state index contributed by atoms with van der Waals surface area (Å²) in [4.78, 5) is 0. The molecule has 0 spiro atoms. The van der Waals surface area contributed by atoms with Crippen molar-refractivity contribution in [1.82, 2.24) is 14.9 Å². The number of hydrogen-bond acceptors (Lipinski definition) is 6. The maximum absolute atomic E-state index is 12.9. The predicted molar refractivity (Wildman–Crippen MR) is 98.3 cm³/mol. The van der Waals surface area contributed by atoms with Crippen LogP contribution in [0.5, 0.6) is 11.5 Å². The first-order valence-electron chi connectivity index (χ1n) is 8.02. The van der Waals surface area contributed by atoms with E-state index < -0.39 is 0 Å². The quantitative estimate of drug-likeness (QED) is 0.371. The number of nitrogen functional groups attached to an aromatic ring is 1. The smallest absolute Gasteiger partial charge is 0.210 e. The Labute approximate surface area is 155 Å². The van der Waals surface area contributed by atoms with E-state index in [2.05, 4.69) is 10.2 Å². The number of thioether (sulfide) groups is 1. The van der Waals surface area contributed by atoms with E-state index >= 15 is 0 Å². The average Bonchev–Trinajstić information content (AvgIpc) is 2.99. The summed E-state index contributed by atoms with van der Waals surface area (Å²) in [7, 11) is 0. The lowest BCUT2D eigenvalue weighted by molar-refractivity contribution is 0.291. The van der Waals surface area contributed by atoms with Crippen LogP contribution < -0.4 is 15.3 Å². The fraction of sp³-hybridized carbons (Fsp3) is 0.222. The van der Waals surface area contributed by atoms with E-state index in [1.807, 2.05) is 31.2 Å². The Balaban J connectivity index is 1.47. The van der Waals surface area contributed by atoms with Crippen LogP contribution in [0.15, 0.2) is 53.7 Å². The van der Waals surface area contributed by atoms with E-state index in [4.69, 9.17) is 15.3 Å². The van der Waals surface area contributed by atoms with Gasteiger partial charge in [0, 0.05) is 5.75 Å². The van der Waals surface area contributed by atoms with Gasteiger partial charge in [0.25, 0.3) is 0 Å². The van der Waals surface area contributed by atoms with E-state index in [0.717, 1.165) is 11.3 Å². The van der Waals surface area contributed by atoms with Gasteiger partial charge in [0.05, 0.1) is 6.61 Å². The molecule has 8 heteroatoms. The Bertz CT molecular complexity index is 855. The van der Waals surface area contributed by atoms with Gasteiger partial charge in [-0.15, -0.1) is 10.2 Å². The number of nitrogens with two attached hydrogens (primary N) is 1. The van der Waals surface area contributed by atoms with Gasteiger partial charge in [-0.3, -0.25) is 0 Å². The molecular formula is C18H19FN4O2S. The number of benzene rings is 2. The van der Waals surface area contributed by atoms with Crippen molar-refractivity contribution in [3.8, 4) is 11.5 Å². The first-order chi connectivity index (χ1) is 12.6. The monoisotopic (exact) mass is 374 g/mol. The van der Waals surface area contributed by atoms with Crippen LogP contribution in [0.4, 0.5) is 4.39 Å². The number of nitrogens with zero attached hydrogens (tertiary/aromatic N) is 3. The summed E-state index contributed by atoms with van der Waals surface area (Å²) >= 11 is 1.45. The highest BCUT2D eigenvalue weighted by Crippen LogP contribution is 2.19. The van der Waals surface area contributed by atoms with E-state index in [-0.39, 0.29) is 12.4 Å². The molecule has 3 rings (SSSR count). The van der Waals surface area contributed by atoms with Crippen molar-refractivity contribution in [3.05, 3.63) is 65.7 Å². The SMILES string of the molecule is Cc1ccccc1OCCSc1nnc(COc2ccc(F)cc2)n1N. The molecule has 0 amide bonds. The van der Waals surface area contributed by atoms with Gasteiger partial charge in [-0.2, -0.15) is 0 Å². The van der Waals surface area contributed by atoms with Gasteiger partial charge >= 0.3 is 0 Å². The molecule has 26 heavy (non-hydrogen) atoms. The molecule has 0 unspecified atom stereocenters. The lowest BCUT2D eigenvalue weighted by Crippen LogP contribution is -2.16. The Morgan fingerprint density at radius 1 is 1.08 bits per heavy atom. The summed E-state index contributed by atoms with van der Waals surface area (Å²) in [5.74, 6) is 8.26. The highest BCUT2D eigenvalue weighted by molar-refractivity contribution is 7.99. The zero-order valence-electron chi connectivity index (χ0n) is 14.3. The first kappa shape index (κ1) is 18.1. The number of ether oxygens (including phenoxy) is 2. The lowest BCUT2D eigenvalue weighted by Gasteiger charge is -2.08. The summed E-state index contributed by atoms with van der Waals surface area (Å²) in [5, 5.41) is 8.67. The Morgan fingerprint density at radius 2 is 1.85 bits per heavy atom. The minimum absolute atomic E-state index is 0.148. The van der Waals surface area contributed by atoms with Crippen molar-refractivity contribution in [3.63, 3.8) is 0 Å². The van der Waals surface area contributed by atoms with Crippen molar-refractivity contribution in [2.45, 2.75) is 18.7 Å². The summed E-state index contributed by atoms with van der Waals surface area (Å²) in [6, 6.07) is 13.6. The van der Waals surface area contributed by atoms with Crippen molar-refractivity contribution in [2.24, 2.45) is 0 Å². The van der Waals surface area contributed by atoms with Crippen LogP contribution in [-0.2, 0) is 6.61 Å². The van der Waals surface area contributed by atoms with Gasteiger partial charge in [0.1, 0.15) is 23.9 Å². The summed E-state index contributed by atoms with van der Waals surface area (Å²) < 4.78 is 25.6. The fourth-order valence-electron chi connectivity index (χ4n) is 2.19. The predicted octanol–water partition coefficient (Wildman–Crippen LogP) is 3.19. The van der Waals surface area contributed by atoms with Crippen LogP contribution >= 0.6 is 11.8 Å². The van der Waals surface area contributed by atoms with Crippen LogP contribution in [0.1, 0.15) is 11.4 Å². The third kappa shape index (κ3) is 4.66. The second kappa shape index (κ2) is 8.57. The first-order valence-corrected chi connectivity index (χ1v) is 9.01.